The number of hydrogen-bond acceptors (Lipinski definition) is 8. The van der Waals surface area contributed by atoms with E-state index in [1.165, 1.54) is 0 Å². The van der Waals surface area contributed by atoms with E-state index in [1.807, 2.05) is 55.1 Å². The van der Waals surface area contributed by atoms with Gasteiger partial charge in [-0.3, -0.25) is 19.2 Å². The third-order valence-corrected chi connectivity index (χ3v) is 9.47. The number of piperidine rings is 1. The van der Waals surface area contributed by atoms with Crippen LogP contribution in [-0.2, 0) is 19.1 Å². The lowest BCUT2D eigenvalue weighted by molar-refractivity contribution is -0.138. The number of anilines is 1. The summed E-state index contributed by atoms with van der Waals surface area (Å²) in [5.41, 5.74) is 2.28. The Morgan fingerprint density at radius 3 is 2.20 bits per heavy atom. The number of nitrogens with one attached hydrogen (secondary N) is 1. The molecular weight excluding hydrogens is 640 g/mol. The van der Waals surface area contributed by atoms with Crippen LogP contribution in [0.2, 0.25) is 0 Å². The van der Waals surface area contributed by atoms with Crippen LogP contribution < -0.4 is 10.2 Å². The first-order chi connectivity index (χ1) is 24.1. The molecule has 1 aromatic carbocycles. The number of ether oxygens (including phenoxy) is 1. The average Bonchev–Trinajstić information content (AvgIpc) is 3.15. The Kier molecular flexibility index (Phi) is 14.4. The van der Waals surface area contributed by atoms with E-state index in [1.54, 1.807) is 15.9 Å². The fourth-order valence-corrected chi connectivity index (χ4v) is 6.44. The number of carbonyl (C=O) groups is 5. The number of amides is 4. The Labute approximate surface area is 294 Å². The van der Waals surface area contributed by atoms with Gasteiger partial charge < -0.3 is 34.8 Å². The van der Waals surface area contributed by atoms with E-state index in [2.05, 4.69) is 22.1 Å². The molecule has 0 unspecified atom stereocenters. The Balaban J connectivity index is 1.49. The van der Waals surface area contributed by atoms with Crippen LogP contribution in [0.1, 0.15) is 76.2 Å². The van der Waals surface area contributed by atoms with E-state index in [-0.39, 0.29) is 56.5 Å². The summed E-state index contributed by atoms with van der Waals surface area (Å²) in [6, 6.07) is 12.0. The van der Waals surface area contributed by atoms with Gasteiger partial charge in [0.15, 0.2) is 0 Å². The quantitative estimate of drug-likeness (QED) is 0.261. The molecule has 1 atom stereocenters. The highest BCUT2D eigenvalue weighted by molar-refractivity contribution is 5.97. The number of aromatic nitrogens is 1. The first kappa shape index (κ1) is 38.1. The van der Waals surface area contributed by atoms with Crippen molar-refractivity contribution in [1.29, 1.82) is 0 Å². The molecule has 2 N–H and O–H groups in total. The molecule has 272 valence electrons. The normalized spacial score (nSPS) is 15.7. The molecule has 1 aromatic heterocycles. The largest absolute Gasteiger partial charge is 0.481 e. The van der Waals surface area contributed by atoms with Crippen molar-refractivity contribution in [3.63, 3.8) is 0 Å². The molecule has 2 saturated heterocycles. The highest BCUT2D eigenvalue weighted by atomic mass is 16.6. The van der Waals surface area contributed by atoms with Gasteiger partial charge in [0.1, 0.15) is 11.7 Å². The molecule has 2 aromatic rings. The van der Waals surface area contributed by atoms with Gasteiger partial charge in [0, 0.05) is 75.9 Å². The molecule has 2 aliphatic heterocycles. The van der Waals surface area contributed by atoms with Crippen LogP contribution >= 0.6 is 0 Å². The second-order valence-electron chi connectivity index (χ2n) is 12.8. The van der Waals surface area contributed by atoms with Gasteiger partial charge in [-0.2, -0.15) is 0 Å². The third-order valence-electron chi connectivity index (χ3n) is 9.47. The van der Waals surface area contributed by atoms with Crippen LogP contribution in [0, 0.1) is 5.92 Å². The van der Waals surface area contributed by atoms with E-state index in [9.17, 15) is 29.1 Å². The standard InChI is InChI=1S/C37H52N6O7/c1-4-7-11-24-50-37(49)43-22-20-42(21-23-43)36(48)30(14-15-33(44)45)39-34(46)32-26-29(25-31(38-32)27-12-9-8-10-13-27)41-18-16-28(17-19-41)35(47)40(5-2)6-3/h8-10,12-13,25-26,28,30H,4-7,11,14-24H2,1-3H3,(H,39,46)(H,44,45)/t30-/m0/s1. The van der Waals surface area contributed by atoms with Crippen molar-refractivity contribution in [2.24, 2.45) is 5.92 Å². The number of nitrogens with zero attached hydrogens (tertiary/aromatic N) is 5. The number of carbonyl (C=O) groups excluding carboxylic acids is 4. The van der Waals surface area contributed by atoms with Gasteiger partial charge in [-0.25, -0.2) is 9.78 Å². The van der Waals surface area contributed by atoms with Crippen molar-refractivity contribution < 1.29 is 33.8 Å². The minimum Gasteiger partial charge on any atom is -0.481 e. The van der Waals surface area contributed by atoms with E-state index in [0.29, 0.717) is 51.3 Å². The number of aliphatic carboxylic acids is 1. The molecule has 0 spiro atoms. The zero-order valence-electron chi connectivity index (χ0n) is 29.6. The van der Waals surface area contributed by atoms with Gasteiger partial charge >= 0.3 is 12.1 Å². The predicted octanol–water partition coefficient (Wildman–Crippen LogP) is 4.27. The van der Waals surface area contributed by atoms with E-state index in [4.69, 9.17) is 4.74 Å². The van der Waals surface area contributed by atoms with E-state index >= 15 is 0 Å². The number of carboxylic acids is 1. The predicted molar refractivity (Wildman–Crippen MR) is 190 cm³/mol. The van der Waals surface area contributed by atoms with E-state index in [0.717, 1.165) is 30.5 Å². The smallest absolute Gasteiger partial charge is 0.409 e. The summed E-state index contributed by atoms with van der Waals surface area (Å²) in [5.74, 6) is -1.95. The van der Waals surface area contributed by atoms with Gasteiger partial charge in [0.25, 0.3) is 5.91 Å². The number of pyridine rings is 1. The van der Waals surface area contributed by atoms with Crippen LogP contribution in [0.15, 0.2) is 42.5 Å². The van der Waals surface area contributed by atoms with Crippen molar-refractivity contribution in [3.8, 4) is 11.3 Å². The van der Waals surface area contributed by atoms with Crippen LogP contribution in [0.3, 0.4) is 0 Å². The number of unbranched alkanes of at least 4 members (excludes halogenated alkanes) is 2. The molecule has 0 aliphatic carbocycles. The van der Waals surface area contributed by atoms with Gasteiger partial charge in [-0.1, -0.05) is 50.1 Å². The Bertz CT molecular complexity index is 1450. The lowest BCUT2D eigenvalue weighted by Gasteiger charge is -2.36. The molecule has 2 aliphatic rings. The summed E-state index contributed by atoms with van der Waals surface area (Å²) in [7, 11) is 0. The van der Waals surface area contributed by atoms with E-state index < -0.39 is 29.9 Å². The molecule has 13 nitrogen and oxygen atoms in total. The molecule has 4 rings (SSSR count). The summed E-state index contributed by atoms with van der Waals surface area (Å²) in [4.78, 5) is 76.4. The zero-order chi connectivity index (χ0) is 36.0. The highest BCUT2D eigenvalue weighted by Gasteiger charge is 2.32. The maximum atomic E-state index is 13.8. The molecule has 0 radical (unpaired) electrons. The van der Waals surface area contributed by atoms with Crippen LogP contribution in [0.25, 0.3) is 11.3 Å². The second kappa shape index (κ2) is 18.9. The second-order valence-corrected chi connectivity index (χ2v) is 12.8. The Morgan fingerprint density at radius 1 is 0.920 bits per heavy atom. The number of carboxylic acid groups (broad SMARTS) is 1. The summed E-state index contributed by atoms with van der Waals surface area (Å²) in [5, 5.41) is 12.2. The van der Waals surface area contributed by atoms with Crippen molar-refractivity contribution >= 4 is 35.5 Å². The van der Waals surface area contributed by atoms with Crippen molar-refractivity contribution in [2.45, 2.75) is 71.8 Å². The van der Waals surface area contributed by atoms with Gasteiger partial charge in [0.05, 0.1) is 12.3 Å². The molecule has 4 amide bonds. The monoisotopic (exact) mass is 692 g/mol. The van der Waals surface area contributed by atoms with Gasteiger partial charge in [-0.15, -0.1) is 0 Å². The lowest BCUT2D eigenvalue weighted by atomic mass is 9.94. The van der Waals surface area contributed by atoms with Crippen LogP contribution in [0.5, 0.6) is 0 Å². The SMILES string of the molecule is CCCCCOC(=O)N1CCN(C(=O)[C@H](CCC(=O)O)NC(=O)c2cc(N3CCC(C(=O)N(CC)CC)CC3)cc(-c3ccccc3)n2)CC1. The summed E-state index contributed by atoms with van der Waals surface area (Å²) in [6.07, 6.45) is 3.35. The van der Waals surface area contributed by atoms with Crippen molar-refractivity contribution in [2.75, 3.05) is 63.9 Å². The topological polar surface area (TPSA) is 153 Å². The fourth-order valence-electron chi connectivity index (χ4n) is 6.44. The maximum Gasteiger partial charge on any atom is 0.409 e. The van der Waals surface area contributed by atoms with Gasteiger partial charge in [0.2, 0.25) is 11.8 Å². The molecule has 13 heteroatoms. The molecule has 50 heavy (non-hydrogen) atoms. The first-order valence-electron chi connectivity index (χ1n) is 18.0. The first-order valence-corrected chi connectivity index (χ1v) is 18.0. The molecule has 2 fully saturated rings. The average molecular weight is 693 g/mol. The molecule has 0 saturated carbocycles. The molecule has 0 bridgehead atoms. The Hall–Kier alpha value is -4.68. The fraction of sp³-hybridized carbons (Fsp3) is 0.568. The summed E-state index contributed by atoms with van der Waals surface area (Å²) >= 11 is 0. The summed E-state index contributed by atoms with van der Waals surface area (Å²) in [6.45, 7) is 10.1. The lowest BCUT2D eigenvalue weighted by Crippen LogP contribution is -2.56. The van der Waals surface area contributed by atoms with Crippen LogP contribution in [0.4, 0.5) is 10.5 Å². The Morgan fingerprint density at radius 2 is 1.58 bits per heavy atom. The van der Waals surface area contributed by atoms with Crippen molar-refractivity contribution in [1.82, 2.24) is 25.0 Å². The van der Waals surface area contributed by atoms with Crippen molar-refractivity contribution in [3.05, 3.63) is 48.2 Å². The molecular formula is C37H52N6O7. The minimum absolute atomic E-state index is 0.0522. The van der Waals surface area contributed by atoms with Crippen LogP contribution in [-0.4, -0.2) is 120 Å². The third kappa shape index (κ3) is 10.4. The zero-order valence-corrected chi connectivity index (χ0v) is 29.6. The summed E-state index contributed by atoms with van der Waals surface area (Å²) < 4.78 is 5.36. The highest BCUT2D eigenvalue weighted by Crippen LogP contribution is 2.29. The number of piperazine rings is 1. The molecule has 3 heterocycles. The number of benzene rings is 1. The number of rotatable bonds is 15. The minimum atomic E-state index is -1.10. The van der Waals surface area contributed by atoms with Gasteiger partial charge in [-0.05, 0) is 51.7 Å². The number of hydrogen-bond donors (Lipinski definition) is 2. The maximum absolute atomic E-state index is 13.8.